The van der Waals surface area contributed by atoms with Crippen molar-refractivity contribution in [1.29, 1.82) is 0 Å². The van der Waals surface area contributed by atoms with E-state index in [4.69, 9.17) is 9.52 Å². The van der Waals surface area contributed by atoms with Crippen molar-refractivity contribution in [2.45, 2.75) is 12.5 Å². The van der Waals surface area contributed by atoms with E-state index in [1.54, 1.807) is 7.05 Å². The lowest BCUT2D eigenvalue weighted by atomic mass is 10.0. The molecule has 0 bridgehead atoms. The summed E-state index contributed by atoms with van der Waals surface area (Å²) in [5, 5.41) is 12.1. The Kier molecular flexibility index (Phi) is 3.31. The van der Waals surface area contributed by atoms with Crippen molar-refractivity contribution in [1.82, 2.24) is 9.88 Å². The molecule has 2 N–H and O–H groups in total. The highest BCUT2D eigenvalue weighted by Gasteiger charge is 2.12. The third kappa shape index (κ3) is 2.11. The molecule has 0 radical (unpaired) electrons. The molecule has 0 amide bonds. The van der Waals surface area contributed by atoms with Crippen LogP contribution in [-0.2, 0) is 7.05 Å². The SMILES string of the molecule is CNC(CCO)c1ccc2c(c1)oc(=O)n2C. The Bertz CT molecular complexity index is 571. The number of aryl methyl sites for hydroxylation is 1. The van der Waals surface area contributed by atoms with Crippen molar-refractivity contribution in [3.05, 3.63) is 34.3 Å². The summed E-state index contributed by atoms with van der Waals surface area (Å²) in [4.78, 5) is 11.4. The van der Waals surface area contributed by atoms with Gasteiger partial charge >= 0.3 is 5.76 Å². The van der Waals surface area contributed by atoms with Crippen LogP contribution < -0.4 is 11.1 Å². The molecule has 0 aliphatic rings. The smallest absolute Gasteiger partial charge is 0.408 e. The summed E-state index contributed by atoms with van der Waals surface area (Å²) in [5.74, 6) is -0.361. The van der Waals surface area contributed by atoms with Gasteiger partial charge in [-0.2, -0.15) is 0 Å². The molecule has 0 aliphatic heterocycles. The van der Waals surface area contributed by atoms with E-state index >= 15 is 0 Å². The number of hydrogen-bond donors (Lipinski definition) is 2. The fraction of sp³-hybridized carbons (Fsp3) is 0.417. The summed E-state index contributed by atoms with van der Waals surface area (Å²) in [6.45, 7) is 0.113. The van der Waals surface area contributed by atoms with Crippen LogP contribution in [0.25, 0.3) is 11.1 Å². The highest BCUT2D eigenvalue weighted by atomic mass is 16.4. The maximum Gasteiger partial charge on any atom is 0.419 e. The van der Waals surface area contributed by atoms with Gasteiger partial charge in [-0.3, -0.25) is 4.57 Å². The number of hydrogen-bond acceptors (Lipinski definition) is 4. The van der Waals surface area contributed by atoms with Gasteiger partial charge in [0, 0.05) is 19.7 Å². The number of aromatic nitrogens is 1. The maximum absolute atomic E-state index is 11.4. The average Bonchev–Trinajstić information content (AvgIpc) is 2.61. The van der Waals surface area contributed by atoms with Crippen molar-refractivity contribution in [3.8, 4) is 0 Å². The van der Waals surface area contributed by atoms with Crippen LogP contribution in [0.3, 0.4) is 0 Å². The second kappa shape index (κ2) is 4.73. The van der Waals surface area contributed by atoms with Crippen LogP contribution in [0, 0.1) is 0 Å². The number of aliphatic hydroxyl groups excluding tert-OH is 1. The van der Waals surface area contributed by atoms with Crippen LogP contribution in [0.2, 0.25) is 0 Å². The van der Waals surface area contributed by atoms with Crippen molar-refractivity contribution >= 4 is 11.1 Å². The van der Waals surface area contributed by atoms with E-state index in [9.17, 15) is 4.79 Å². The molecule has 5 nitrogen and oxygen atoms in total. The van der Waals surface area contributed by atoms with E-state index in [2.05, 4.69) is 5.32 Å². The summed E-state index contributed by atoms with van der Waals surface area (Å²) in [7, 11) is 3.52. The first kappa shape index (κ1) is 11.9. The molecule has 17 heavy (non-hydrogen) atoms. The number of nitrogens with one attached hydrogen (secondary N) is 1. The molecule has 1 aromatic carbocycles. The maximum atomic E-state index is 11.4. The third-order valence-corrected chi connectivity index (χ3v) is 2.98. The summed E-state index contributed by atoms with van der Waals surface area (Å²) < 4.78 is 6.60. The summed E-state index contributed by atoms with van der Waals surface area (Å²) in [6.07, 6.45) is 0.624. The molecular formula is C12H16N2O3. The van der Waals surface area contributed by atoms with Crippen molar-refractivity contribution in [3.63, 3.8) is 0 Å². The van der Waals surface area contributed by atoms with Gasteiger partial charge in [0.1, 0.15) is 0 Å². The lowest BCUT2D eigenvalue weighted by molar-refractivity contribution is 0.269. The second-order valence-corrected chi connectivity index (χ2v) is 4.01. The second-order valence-electron chi connectivity index (χ2n) is 4.01. The predicted molar refractivity (Wildman–Crippen MR) is 65.0 cm³/mol. The molecule has 92 valence electrons. The number of nitrogens with zero attached hydrogens (tertiary/aromatic N) is 1. The monoisotopic (exact) mass is 236 g/mol. The van der Waals surface area contributed by atoms with E-state index in [1.165, 1.54) is 4.57 Å². The Balaban J connectivity index is 2.47. The Morgan fingerprint density at radius 3 is 2.94 bits per heavy atom. The standard InChI is InChI=1S/C12H16N2O3/c1-13-9(5-6-15)8-3-4-10-11(7-8)17-12(16)14(10)2/h3-4,7,9,13,15H,5-6H2,1-2H3. The number of fused-ring (bicyclic) bond motifs is 1. The van der Waals surface area contributed by atoms with Gasteiger partial charge in [-0.1, -0.05) is 6.07 Å². The van der Waals surface area contributed by atoms with Crippen molar-refractivity contribution < 1.29 is 9.52 Å². The first-order valence-electron chi connectivity index (χ1n) is 5.55. The van der Waals surface area contributed by atoms with Gasteiger partial charge in [0.25, 0.3) is 0 Å². The molecule has 2 rings (SSSR count). The molecule has 0 fully saturated rings. The van der Waals surface area contributed by atoms with E-state index in [1.807, 2.05) is 25.2 Å². The number of aliphatic hydroxyl groups is 1. The number of oxazole rings is 1. The van der Waals surface area contributed by atoms with E-state index < -0.39 is 0 Å². The van der Waals surface area contributed by atoms with Gasteiger partial charge in [-0.15, -0.1) is 0 Å². The van der Waals surface area contributed by atoms with Crippen LogP contribution >= 0.6 is 0 Å². The van der Waals surface area contributed by atoms with Gasteiger partial charge in [-0.05, 0) is 31.2 Å². The molecule has 5 heteroatoms. The van der Waals surface area contributed by atoms with Gasteiger partial charge in [0.15, 0.2) is 5.58 Å². The fourth-order valence-corrected chi connectivity index (χ4v) is 1.97. The fourth-order valence-electron chi connectivity index (χ4n) is 1.97. The predicted octanol–water partition coefficient (Wildman–Crippen LogP) is 0.774. The van der Waals surface area contributed by atoms with E-state index in [0.717, 1.165) is 11.1 Å². The zero-order valence-electron chi connectivity index (χ0n) is 9.93. The van der Waals surface area contributed by atoms with Crippen LogP contribution in [0.1, 0.15) is 18.0 Å². The minimum absolute atomic E-state index is 0.0647. The van der Waals surface area contributed by atoms with Gasteiger partial charge < -0.3 is 14.8 Å². The highest BCUT2D eigenvalue weighted by molar-refractivity contribution is 5.73. The quantitative estimate of drug-likeness (QED) is 0.823. The Labute approximate surface area is 98.7 Å². The highest BCUT2D eigenvalue weighted by Crippen LogP contribution is 2.21. The zero-order chi connectivity index (χ0) is 12.4. The van der Waals surface area contributed by atoms with Gasteiger partial charge in [0.05, 0.1) is 5.52 Å². The first-order chi connectivity index (χ1) is 8.17. The van der Waals surface area contributed by atoms with Gasteiger partial charge in [0.2, 0.25) is 0 Å². The van der Waals surface area contributed by atoms with Crippen molar-refractivity contribution in [2.75, 3.05) is 13.7 Å². The first-order valence-corrected chi connectivity index (χ1v) is 5.55. The zero-order valence-corrected chi connectivity index (χ0v) is 9.93. The Morgan fingerprint density at radius 1 is 1.53 bits per heavy atom. The number of benzene rings is 1. The summed E-state index contributed by atoms with van der Waals surface area (Å²) >= 11 is 0. The van der Waals surface area contributed by atoms with Crippen LogP contribution in [0.4, 0.5) is 0 Å². The molecule has 2 aromatic rings. The molecule has 0 aliphatic carbocycles. The van der Waals surface area contributed by atoms with E-state index in [-0.39, 0.29) is 18.4 Å². The largest absolute Gasteiger partial charge is 0.419 e. The van der Waals surface area contributed by atoms with E-state index in [0.29, 0.717) is 12.0 Å². The molecule has 0 spiro atoms. The molecule has 0 saturated heterocycles. The average molecular weight is 236 g/mol. The normalized spacial score (nSPS) is 13.1. The molecule has 1 heterocycles. The lowest BCUT2D eigenvalue weighted by Gasteiger charge is -2.14. The molecule has 1 atom stereocenters. The molecular weight excluding hydrogens is 220 g/mol. The van der Waals surface area contributed by atoms with Crippen LogP contribution in [0.5, 0.6) is 0 Å². The molecule has 0 saturated carbocycles. The lowest BCUT2D eigenvalue weighted by Crippen LogP contribution is -2.17. The summed E-state index contributed by atoms with van der Waals surface area (Å²) in [6, 6.07) is 5.70. The van der Waals surface area contributed by atoms with Crippen LogP contribution in [0.15, 0.2) is 27.4 Å². The summed E-state index contributed by atoms with van der Waals surface area (Å²) in [5.41, 5.74) is 2.36. The van der Waals surface area contributed by atoms with Crippen LogP contribution in [-0.4, -0.2) is 23.3 Å². The molecule has 1 unspecified atom stereocenters. The topological polar surface area (TPSA) is 67.4 Å². The Hall–Kier alpha value is -1.59. The molecule has 1 aromatic heterocycles. The van der Waals surface area contributed by atoms with Gasteiger partial charge in [-0.25, -0.2) is 4.79 Å². The minimum atomic E-state index is -0.361. The third-order valence-electron chi connectivity index (χ3n) is 2.98. The minimum Gasteiger partial charge on any atom is -0.408 e. The Morgan fingerprint density at radius 2 is 2.29 bits per heavy atom. The number of rotatable bonds is 4. The van der Waals surface area contributed by atoms with Crippen molar-refractivity contribution in [2.24, 2.45) is 7.05 Å².